The molecule has 5 N–H and O–H groups in total. The van der Waals surface area contributed by atoms with Crippen LogP contribution in [0, 0.1) is 5.92 Å². The van der Waals surface area contributed by atoms with E-state index in [-0.39, 0.29) is 63.3 Å². The van der Waals surface area contributed by atoms with Crippen molar-refractivity contribution in [2.75, 3.05) is 51.8 Å². The van der Waals surface area contributed by atoms with Gasteiger partial charge in [-0.15, -0.1) is 0 Å². The van der Waals surface area contributed by atoms with Gasteiger partial charge in [0, 0.05) is 64.2 Å². The van der Waals surface area contributed by atoms with Crippen LogP contribution in [0.25, 0.3) is 0 Å². The van der Waals surface area contributed by atoms with Crippen molar-refractivity contribution in [3.8, 4) is 0 Å². The summed E-state index contributed by atoms with van der Waals surface area (Å²) in [6.45, 7) is 5.77. The molecule has 1 aromatic rings. The molecule has 0 bridgehead atoms. The van der Waals surface area contributed by atoms with Crippen LogP contribution >= 0.6 is 0 Å². The maximum absolute atomic E-state index is 12.2. The summed E-state index contributed by atoms with van der Waals surface area (Å²) in [7, 11) is 1.53. The summed E-state index contributed by atoms with van der Waals surface area (Å²) in [5.74, 6) is -0.851. The number of nitrogens with one attached hydrogen (secondary N) is 5. The molecule has 1 rings (SSSR count). The number of hydrogen-bond acceptors (Lipinski definition) is 8. The van der Waals surface area contributed by atoms with Gasteiger partial charge < -0.3 is 36.1 Å². The summed E-state index contributed by atoms with van der Waals surface area (Å²) in [5, 5.41) is 13.1. The number of benzene rings is 1. The zero-order chi connectivity index (χ0) is 33.3. The molecule has 0 aliphatic rings. The number of ether oxygens (including phenoxy) is 2. The lowest BCUT2D eigenvalue weighted by Gasteiger charge is -2.14. The van der Waals surface area contributed by atoms with E-state index in [1.807, 2.05) is 6.92 Å². The lowest BCUT2D eigenvalue weighted by Crippen LogP contribution is -2.31. The lowest BCUT2D eigenvalue weighted by molar-refractivity contribution is -0.127. The van der Waals surface area contributed by atoms with Crippen molar-refractivity contribution < 1.29 is 38.2 Å². The fraction of sp³-hybridized carbons (Fsp3) is 0.625. The number of carbonyl (C=O) groups excluding carboxylic acids is 6. The van der Waals surface area contributed by atoms with E-state index in [4.69, 9.17) is 9.47 Å². The summed E-state index contributed by atoms with van der Waals surface area (Å²) in [6, 6.07) is 6.69. The fourth-order valence-corrected chi connectivity index (χ4v) is 4.36. The first-order valence-corrected chi connectivity index (χ1v) is 15.8. The Morgan fingerprint density at radius 2 is 1.47 bits per heavy atom. The molecule has 5 amide bonds. The van der Waals surface area contributed by atoms with Gasteiger partial charge in [-0.1, -0.05) is 38.8 Å². The van der Waals surface area contributed by atoms with Gasteiger partial charge in [-0.25, -0.2) is 4.79 Å². The number of anilines is 1. The van der Waals surface area contributed by atoms with E-state index < -0.39 is 17.9 Å². The second kappa shape index (κ2) is 24.3. The first-order chi connectivity index (χ1) is 21.7. The highest BCUT2D eigenvalue weighted by atomic mass is 16.5. The third-order valence-corrected chi connectivity index (χ3v) is 6.80. The van der Waals surface area contributed by atoms with E-state index in [0.29, 0.717) is 37.5 Å². The molecule has 252 valence electrons. The fourth-order valence-electron chi connectivity index (χ4n) is 4.36. The molecule has 0 saturated carbocycles. The number of rotatable bonds is 24. The number of ketones is 1. The monoisotopic (exact) mass is 633 g/mol. The van der Waals surface area contributed by atoms with E-state index in [1.165, 1.54) is 7.05 Å². The number of hydrogen-bond donors (Lipinski definition) is 5. The maximum atomic E-state index is 12.2. The van der Waals surface area contributed by atoms with Gasteiger partial charge in [-0.05, 0) is 37.0 Å². The van der Waals surface area contributed by atoms with Crippen LogP contribution in [0.5, 0.6) is 0 Å². The Hall–Kier alpha value is -4.00. The normalized spacial score (nSPS) is 11.2. The van der Waals surface area contributed by atoms with E-state index >= 15 is 0 Å². The van der Waals surface area contributed by atoms with Crippen LogP contribution < -0.4 is 26.6 Å². The predicted molar refractivity (Wildman–Crippen MR) is 170 cm³/mol. The van der Waals surface area contributed by atoms with Crippen LogP contribution in [0.2, 0.25) is 0 Å². The van der Waals surface area contributed by atoms with E-state index in [2.05, 4.69) is 33.5 Å². The lowest BCUT2D eigenvalue weighted by atomic mass is 9.91. The standard InChI is InChI=1S/C32H51N5O8/c1-4-9-25(27(38)5-2)10-6-7-16-36-32(43)45-20-8-19-44-21-18-35-30(41)23-31(42)37-26-13-11-24(12-14-26)22-29(40)34-17-15-28(39)33-3/h11-14,25H,4-10,15-23H2,1-3H3,(H,33,39)(H,34,40)(H,35,41)(H,36,43)(H,37,42). The highest BCUT2D eigenvalue weighted by Gasteiger charge is 2.15. The van der Waals surface area contributed by atoms with Crippen molar-refractivity contribution in [1.29, 1.82) is 0 Å². The number of Topliss-reactive ketones (excluding diaryl/α,β-unsaturated/α-hetero) is 1. The number of unbranched alkanes of at least 4 members (excludes halogenated alkanes) is 1. The van der Waals surface area contributed by atoms with Gasteiger partial charge in [-0.2, -0.15) is 0 Å². The van der Waals surface area contributed by atoms with Gasteiger partial charge in [0.05, 0.1) is 19.6 Å². The van der Waals surface area contributed by atoms with Gasteiger partial charge in [-0.3, -0.25) is 24.0 Å². The Labute approximate surface area is 266 Å². The third kappa shape index (κ3) is 19.8. The molecule has 1 atom stereocenters. The molecule has 13 nitrogen and oxygen atoms in total. The molecule has 0 aromatic heterocycles. The number of carbonyl (C=O) groups is 6. The van der Waals surface area contributed by atoms with Crippen LogP contribution in [0.1, 0.15) is 77.2 Å². The molecule has 0 aliphatic carbocycles. The molecule has 0 radical (unpaired) electrons. The Morgan fingerprint density at radius 3 is 2.16 bits per heavy atom. The van der Waals surface area contributed by atoms with Crippen molar-refractivity contribution in [2.24, 2.45) is 5.92 Å². The molecule has 0 fully saturated rings. The van der Waals surface area contributed by atoms with Crippen LogP contribution in [0.15, 0.2) is 24.3 Å². The van der Waals surface area contributed by atoms with Crippen molar-refractivity contribution in [3.63, 3.8) is 0 Å². The molecule has 0 heterocycles. The zero-order valence-electron chi connectivity index (χ0n) is 27.0. The Balaban J connectivity index is 2.07. The molecule has 13 heteroatoms. The molecule has 1 unspecified atom stereocenters. The molecule has 0 aliphatic heterocycles. The zero-order valence-corrected chi connectivity index (χ0v) is 27.0. The van der Waals surface area contributed by atoms with E-state index in [1.54, 1.807) is 24.3 Å². The topological polar surface area (TPSA) is 181 Å². The Morgan fingerprint density at radius 1 is 0.733 bits per heavy atom. The van der Waals surface area contributed by atoms with Crippen molar-refractivity contribution in [1.82, 2.24) is 21.3 Å². The average Bonchev–Trinajstić information content (AvgIpc) is 3.01. The van der Waals surface area contributed by atoms with Gasteiger partial charge >= 0.3 is 6.09 Å². The first kappa shape index (κ1) is 39.0. The molecule has 0 spiro atoms. The van der Waals surface area contributed by atoms with Crippen LogP contribution in [-0.4, -0.2) is 82.0 Å². The minimum absolute atomic E-state index is 0.124. The molecule has 1 aromatic carbocycles. The second-order valence-electron chi connectivity index (χ2n) is 10.6. The molecule has 45 heavy (non-hydrogen) atoms. The number of alkyl carbamates (subject to hydrolysis) is 1. The van der Waals surface area contributed by atoms with Crippen molar-refractivity contribution in [2.45, 2.75) is 78.1 Å². The highest BCUT2D eigenvalue weighted by molar-refractivity contribution is 6.03. The highest BCUT2D eigenvalue weighted by Crippen LogP contribution is 2.17. The second-order valence-corrected chi connectivity index (χ2v) is 10.6. The largest absolute Gasteiger partial charge is 0.449 e. The number of amides is 5. The van der Waals surface area contributed by atoms with Gasteiger partial charge in [0.15, 0.2) is 0 Å². The minimum Gasteiger partial charge on any atom is -0.449 e. The van der Waals surface area contributed by atoms with Crippen LogP contribution in [0.4, 0.5) is 10.5 Å². The molecule has 0 saturated heterocycles. The Kier molecular flexibility index (Phi) is 21.1. The van der Waals surface area contributed by atoms with Gasteiger partial charge in [0.1, 0.15) is 12.2 Å². The van der Waals surface area contributed by atoms with Crippen LogP contribution in [-0.2, 0) is 39.9 Å². The maximum Gasteiger partial charge on any atom is 0.407 e. The smallest absolute Gasteiger partial charge is 0.407 e. The third-order valence-electron chi connectivity index (χ3n) is 6.80. The minimum atomic E-state index is -0.482. The van der Waals surface area contributed by atoms with Crippen LogP contribution in [0.3, 0.4) is 0 Å². The first-order valence-electron chi connectivity index (χ1n) is 15.8. The van der Waals surface area contributed by atoms with Gasteiger partial charge in [0.2, 0.25) is 23.6 Å². The molecular weight excluding hydrogens is 582 g/mol. The molecular formula is C32H51N5O8. The van der Waals surface area contributed by atoms with E-state index in [0.717, 1.165) is 37.7 Å². The summed E-state index contributed by atoms with van der Waals surface area (Å²) in [4.78, 5) is 71.1. The Bertz CT molecular complexity index is 1060. The van der Waals surface area contributed by atoms with Crippen molar-refractivity contribution >= 4 is 41.2 Å². The van der Waals surface area contributed by atoms with E-state index in [9.17, 15) is 28.8 Å². The SMILES string of the molecule is CCCC(CCCCNC(=O)OCCCOCCNC(=O)CC(=O)Nc1ccc(CC(=O)NCCC(=O)NC)cc1)C(=O)CC. The average molecular weight is 634 g/mol. The van der Waals surface area contributed by atoms with Gasteiger partial charge in [0.25, 0.3) is 0 Å². The summed E-state index contributed by atoms with van der Waals surface area (Å²) < 4.78 is 10.5. The quantitative estimate of drug-likeness (QED) is 0.0851. The summed E-state index contributed by atoms with van der Waals surface area (Å²) in [6.07, 6.45) is 5.02. The predicted octanol–water partition coefficient (Wildman–Crippen LogP) is 2.62. The summed E-state index contributed by atoms with van der Waals surface area (Å²) >= 11 is 0. The summed E-state index contributed by atoms with van der Waals surface area (Å²) in [5.41, 5.74) is 1.24. The van der Waals surface area contributed by atoms with Crippen molar-refractivity contribution in [3.05, 3.63) is 29.8 Å².